The van der Waals surface area contributed by atoms with Crippen molar-refractivity contribution >= 4 is 33.3 Å². The van der Waals surface area contributed by atoms with Gasteiger partial charge < -0.3 is 9.72 Å². The van der Waals surface area contributed by atoms with E-state index in [0.29, 0.717) is 11.6 Å². The lowest BCUT2D eigenvalue weighted by atomic mass is 10.2. The number of hydrogen-bond donors (Lipinski definition) is 2. The van der Waals surface area contributed by atoms with Crippen LogP contribution in [0.4, 0.5) is 5.00 Å². The Bertz CT molecular complexity index is 543. The number of thiophene rings is 1. The molecule has 3 N–H and O–H groups in total. The van der Waals surface area contributed by atoms with Crippen LogP contribution in [-0.2, 0) is 9.53 Å². The first-order chi connectivity index (χ1) is 8.27. The average molecular weight is 252 g/mol. The molecule has 0 aromatic carbocycles. The number of anilines is 1. The van der Waals surface area contributed by atoms with E-state index >= 15 is 0 Å². The molecule has 1 atom stereocenters. The van der Waals surface area contributed by atoms with Crippen LogP contribution in [-0.4, -0.2) is 28.6 Å². The third-order valence-electron chi connectivity index (χ3n) is 2.82. The Morgan fingerprint density at radius 1 is 1.71 bits per heavy atom. The van der Waals surface area contributed by atoms with Gasteiger partial charge in [0, 0.05) is 12.0 Å². The molecular formula is C10H12N4O2S. The number of imidazole rings is 1. The van der Waals surface area contributed by atoms with Crippen molar-refractivity contribution in [1.82, 2.24) is 9.97 Å². The number of hydrogen-bond acceptors (Lipinski definition) is 5. The molecule has 1 aliphatic rings. The van der Waals surface area contributed by atoms with Crippen molar-refractivity contribution in [3.05, 3.63) is 11.7 Å². The van der Waals surface area contributed by atoms with Crippen LogP contribution >= 0.6 is 11.3 Å². The van der Waals surface area contributed by atoms with E-state index in [2.05, 4.69) is 9.97 Å². The minimum absolute atomic E-state index is 0.200. The van der Waals surface area contributed by atoms with Gasteiger partial charge >= 0.3 is 0 Å². The summed E-state index contributed by atoms with van der Waals surface area (Å²) in [5.74, 6) is 5.65. The number of amides is 1. The molecule has 7 heteroatoms. The lowest BCUT2D eigenvalue weighted by Crippen LogP contribution is -2.43. The highest BCUT2D eigenvalue weighted by molar-refractivity contribution is 7.16. The van der Waals surface area contributed by atoms with Gasteiger partial charge in [-0.25, -0.2) is 15.8 Å². The maximum Gasteiger partial charge on any atom is 0.271 e. The van der Waals surface area contributed by atoms with Crippen molar-refractivity contribution in [1.29, 1.82) is 0 Å². The van der Waals surface area contributed by atoms with Crippen molar-refractivity contribution in [2.24, 2.45) is 5.84 Å². The molecule has 17 heavy (non-hydrogen) atoms. The Kier molecular flexibility index (Phi) is 2.58. The number of rotatable bonds is 2. The standard InChI is InChI=1S/C10H12N4O2S/c11-14(9(15)7-2-1-3-16-7)10-8-6(4-17-10)12-5-13-8/h4-5,7H,1-3,11H2,(H,12,13). The van der Waals surface area contributed by atoms with Gasteiger partial charge in [-0.1, -0.05) is 0 Å². The molecule has 3 rings (SSSR count). The summed E-state index contributed by atoms with van der Waals surface area (Å²) in [5.41, 5.74) is 1.62. The van der Waals surface area contributed by atoms with Crippen molar-refractivity contribution in [2.75, 3.05) is 11.6 Å². The van der Waals surface area contributed by atoms with Gasteiger partial charge in [0.1, 0.15) is 16.6 Å². The number of H-pyrrole nitrogens is 1. The summed E-state index contributed by atoms with van der Waals surface area (Å²) >= 11 is 1.40. The summed E-state index contributed by atoms with van der Waals surface area (Å²) < 4.78 is 5.33. The molecular weight excluding hydrogens is 240 g/mol. The number of nitrogens with two attached hydrogens (primary N) is 1. The van der Waals surface area contributed by atoms with Gasteiger partial charge in [-0.15, -0.1) is 11.3 Å². The molecule has 0 saturated carbocycles. The van der Waals surface area contributed by atoms with E-state index in [0.717, 1.165) is 28.9 Å². The van der Waals surface area contributed by atoms with E-state index in [-0.39, 0.29) is 5.91 Å². The van der Waals surface area contributed by atoms with Crippen LogP contribution < -0.4 is 10.9 Å². The largest absolute Gasteiger partial charge is 0.368 e. The average Bonchev–Trinajstić information content (AvgIpc) is 3.03. The van der Waals surface area contributed by atoms with Crippen molar-refractivity contribution in [3.63, 3.8) is 0 Å². The van der Waals surface area contributed by atoms with E-state index in [1.165, 1.54) is 11.3 Å². The summed E-state index contributed by atoms with van der Waals surface area (Å²) in [4.78, 5) is 19.2. The Hall–Kier alpha value is -1.44. The number of aromatic nitrogens is 2. The van der Waals surface area contributed by atoms with Crippen LogP contribution in [0.25, 0.3) is 11.0 Å². The molecule has 2 aromatic rings. The lowest BCUT2D eigenvalue weighted by Gasteiger charge is -2.18. The van der Waals surface area contributed by atoms with Crippen molar-refractivity contribution in [2.45, 2.75) is 18.9 Å². The molecule has 1 amide bonds. The number of ether oxygens (including phenoxy) is 1. The van der Waals surface area contributed by atoms with E-state index in [1.807, 2.05) is 5.38 Å². The molecule has 2 aromatic heterocycles. The second-order valence-electron chi connectivity index (χ2n) is 3.92. The zero-order valence-corrected chi connectivity index (χ0v) is 9.87. The first-order valence-corrected chi connectivity index (χ1v) is 6.26. The minimum Gasteiger partial charge on any atom is -0.368 e. The fraction of sp³-hybridized carbons (Fsp3) is 0.400. The molecule has 1 saturated heterocycles. The predicted molar refractivity (Wildman–Crippen MR) is 64.6 cm³/mol. The minimum atomic E-state index is -0.406. The first-order valence-electron chi connectivity index (χ1n) is 5.38. The number of nitrogens with one attached hydrogen (secondary N) is 1. The summed E-state index contributed by atoms with van der Waals surface area (Å²) in [6, 6.07) is 0. The Balaban J connectivity index is 1.88. The number of nitrogens with zero attached hydrogens (tertiary/aromatic N) is 2. The first kappa shape index (κ1) is 10.7. The van der Waals surface area contributed by atoms with E-state index in [4.69, 9.17) is 10.6 Å². The highest BCUT2D eigenvalue weighted by Crippen LogP contribution is 2.31. The van der Waals surface area contributed by atoms with E-state index < -0.39 is 6.10 Å². The predicted octanol–water partition coefficient (Wildman–Crippen LogP) is 1.01. The second-order valence-corrected chi connectivity index (χ2v) is 4.77. The van der Waals surface area contributed by atoms with Gasteiger partial charge in [-0.2, -0.15) is 0 Å². The number of carbonyl (C=O) groups is 1. The van der Waals surface area contributed by atoms with Crippen LogP contribution in [0.1, 0.15) is 12.8 Å². The molecule has 0 radical (unpaired) electrons. The van der Waals surface area contributed by atoms with Crippen molar-refractivity contribution < 1.29 is 9.53 Å². The van der Waals surface area contributed by atoms with E-state index in [9.17, 15) is 4.79 Å². The highest BCUT2D eigenvalue weighted by atomic mass is 32.1. The fourth-order valence-electron chi connectivity index (χ4n) is 1.93. The molecule has 0 bridgehead atoms. The molecule has 3 heterocycles. The molecule has 1 unspecified atom stereocenters. The van der Waals surface area contributed by atoms with Gasteiger partial charge in [-0.3, -0.25) is 4.79 Å². The lowest BCUT2D eigenvalue weighted by molar-refractivity contribution is -0.127. The molecule has 0 spiro atoms. The SMILES string of the molecule is NN(C(=O)C1CCCO1)c1scc2[nH]cnc12. The zero-order valence-electron chi connectivity index (χ0n) is 9.05. The van der Waals surface area contributed by atoms with Gasteiger partial charge in [0.25, 0.3) is 5.91 Å². The fourth-order valence-corrected chi connectivity index (χ4v) is 2.82. The van der Waals surface area contributed by atoms with Gasteiger partial charge in [0.05, 0.1) is 11.8 Å². The number of carbonyl (C=O) groups excluding carboxylic acids is 1. The molecule has 1 aliphatic heterocycles. The number of fused-ring (bicyclic) bond motifs is 1. The Morgan fingerprint density at radius 2 is 2.59 bits per heavy atom. The monoisotopic (exact) mass is 252 g/mol. The normalized spacial score (nSPS) is 19.9. The molecule has 90 valence electrons. The van der Waals surface area contributed by atoms with Crippen LogP contribution in [0.3, 0.4) is 0 Å². The number of hydrazine groups is 1. The Labute approximate surface area is 101 Å². The van der Waals surface area contributed by atoms with Crippen molar-refractivity contribution in [3.8, 4) is 0 Å². The Morgan fingerprint density at radius 3 is 3.35 bits per heavy atom. The third-order valence-corrected chi connectivity index (χ3v) is 3.79. The van der Waals surface area contributed by atoms with Gasteiger partial charge in [-0.05, 0) is 12.8 Å². The smallest absolute Gasteiger partial charge is 0.271 e. The molecule has 0 aliphatic carbocycles. The van der Waals surface area contributed by atoms with Gasteiger partial charge in [0.15, 0.2) is 0 Å². The van der Waals surface area contributed by atoms with Crippen LogP contribution in [0, 0.1) is 0 Å². The second kappa shape index (κ2) is 4.10. The van der Waals surface area contributed by atoms with Gasteiger partial charge in [0.2, 0.25) is 0 Å². The topological polar surface area (TPSA) is 84.2 Å². The number of aromatic amines is 1. The summed E-state index contributed by atoms with van der Waals surface area (Å²) in [6.07, 6.45) is 2.83. The van der Waals surface area contributed by atoms with E-state index in [1.54, 1.807) is 6.33 Å². The third kappa shape index (κ3) is 1.72. The zero-order chi connectivity index (χ0) is 11.8. The molecule has 1 fully saturated rings. The maximum atomic E-state index is 12.1. The molecule has 6 nitrogen and oxygen atoms in total. The highest BCUT2D eigenvalue weighted by Gasteiger charge is 2.29. The summed E-state index contributed by atoms with van der Waals surface area (Å²) in [6.45, 7) is 0.631. The van der Waals surface area contributed by atoms with Crippen LogP contribution in [0.15, 0.2) is 11.7 Å². The summed E-state index contributed by atoms with van der Waals surface area (Å²) in [7, 11) is 0. The summed E-state index contributed by atoms with van der Waals surface area (Å²) in [5, 5.41) is 3.70. The van der Waals surface area contributed by atoms with Crippen LogP contribution in [0.5, 0.6) is 0 Å². The van der Waals surface area contributed by atoms with Crippen LogP contribution in [0.2, 0.25) is 0 Å². The quantitative estimate of drug-likeness (QED) is 0.474. The maximum absolute atomic E-state index is 12.1.